The summed E-state index contributed by atoms with van der Waals surface area (Å²) in [6.07, 6.45) is 2.69. The smallest absolute Gasteiger partial charge is 0.0451 e. The Morgan fingerprint density at radius 3 is 2.32 bits per heavy atom. The van der Waals surface area contributed by atoms with E-state index in [1.54, 1.807) is 0 Å². The molecule has 0 aromatic heterocycles. The minimum Gasteiger partial charge on any atom is -0.305 e. The van der Waals surface area contributed by atoms with Gasteiger partial charge in [0.05, 0.1) is 0 Å². The largest absolute Gasteiger partial charge is 0.305 e. The summed E-state index contributed by atoms with van der Waals surface area (Å²) >= 11 is 0. The molecule has 1 fully saturated rings. The molecule has 1 heterocycles. The number of hydrogen-bond acceptors (Lipinski definition) is 2. The van der Waals surface area contributed by atoms with Crippen molar-refractivity contribution in [2.24, 2.45) is 0 Å². The highest BCUT2D eigenvalue weighted by atomic mass is 15.2. The van der Waals surface area contributed by atoms with Crippen LogP contribution in [0.2, 0.25) is 0 Å². The van der Waals surface area contributed by atoms with Crippen molar-refractivity contribution in [2.75, 3.05) is 19.6 Å². The van der Waals surface area contributed by atoms with Crippen LogP contribution < -0.4 is 5.32 Å². The molecule has 2 aromatic carbocycles. The van der Waals surface area contributed by atoms with Gasteiger partial charge in [-0.3, -0.25) is 0 Å². The van der Waals surface area contributed by atoms with Gasteiger partial charge in [-0.25, -0.2) is 0 Å². The number of nitrogens with one attached hydrogen (secondary N) is 1. The van der Waals surface area contributed by atoms with Crippen LogP contribution in [0.3, 0.4) is 0 Å². The maximum atomic E-state index is 3.76. The van der Waals surface area contributed by atoms with Gasteiger partial charge in [-0.15, -0.1) is 0 Å². The first-order chi connectivity index (χ1) is 10.8. The first-order valence-corrected chi connectivity index (χ1v) is 8.37. The van der Waals surface area contributed by atoms with E-state index >= 15 is 0 Å². The van der Waals surface area contributed by atoms with Gasteiger partial charge < -0.3 is 10.2 Å². The third-order valence-electron chi connectivity index (χ3n) is 4.51. The molecule has 2 aromatic rings. The van der Waals surface area contributed by atoms with Crippen LogP contribution in [0.25, 0.3) is 0 Å². The van der Waals surface area contributed by atoms with Crippen molar-refractivity contribution < 1.29 is 0 Å². The lowest BCUT2D eigenvalue weighted by Gasteiger charge is -2.25. The quantitative estimate of drug-likeness (QED) is 0.868. The second-order valence-electron chi connectivity index (χ2n) is 6.34. The zero-order valence-electron chi connectivity index (χ0n) is 13.5. The van der Waals surface area contributed by atoms with E-state index in [4.69, 9.17) is 0 Å². The molecule has 2 heteroatoms. The number of benzene rings is 2. The van der Waals surface area contributed by atoms with Crippen molar-refractivity contribution in [3.8, 4) is 0 Å². The van der Waals surface area contributed by atoms with E-state index in [1.165, 1.54) is 42.6 Å². The molecule has 0 amide bonds. The van der Waals surface area contributed by atoms with Gasteiger partial charge in [-0.1, -0.05) is 60.2 Å². The van der Waals surface area contributed by atoms with E-state index in [2.05, 4.69) is 71.7 Å². The van der Waals surface area contributed by atoms with E-state index in [0.717, 1.165) is 13.1 Å². The third kappa shape index (κ3) is 4.19. The minimum atomic E-state index is 0.403. The molecule has 2 nitrogen and oxygen atoms in total. The highest BCUT2D eigenvalue weighted by Crippen LogP contribution is 2.18. The van der Waals surface area contributed by atoms with Gasteiger partial charge in [0.2, 0.25) is 0 Å². The maximum Gasteiger partial charge on any atom is 0.0451 e. The van der Waals surface area contributed by atoms with Crippen LogP contribution in [-0.4, -0.2) is 24.5 Å². The molecular formula is C20H26N2. The molecular weight excluding hydrogens is 268 g/mol. The Kier molecular flexibility index (Phi) is 5.25. The van der Waals surface area contributed by atoms with Gasteiger partial charge in [-0.2, -0.15) is 0 Å². The van der Waals surface area contributed by atoms with Gasteiger partial charge in [0.15, 0.2) is 0 Å². The van der Waals surface area contributed by atoms with Crippen molar-refractivity contribution >= 4 is 0 Å². The van der Waals surface area contributed by atoms with E-state index in [-0.39, 0.29) is 0 Å². The van der Waals surface area contributed by atoms with E-state index in [1.807, 2.05) is 0 Å². The summed E-state index contributed by atoms with van der Waals surface area (Å²) < 4.78 is 0. The number of likely N-dealkylation sites (tertiary alicyclic amines) is 1. The average molecular weight is 294 g/mol. The lowest BCUT2D eigenvalue weighted by molar-refractivity contribution is 0.291. The van der Waals surface area contributed by atoms with Crippen molar-refractivity contribution in [3.05, 3.63) is 71.3 Å². The Hall–Kier alpha value is -1.64. The molecule has 0 radical (unpaired) electrons. The zero-order chi connectivity index (χ0) is 15.2. The topological polar surface area (TPSA) is 15.3 Å². The molecule has 22 heavy (non-hydrogen) atoms. The van der Waals surface area contributed by atoms with Crippen molar-refractivity contribution in [1.29, 1.82) is 0 Å². The third-order valence-corrected chi connectivity index (χ3v) is 4.51. The summed E-state index contributed by atoms with van der Waals surface area (Å²) in [5.41, 5.74) is 4.06. The molecule has 116 valence electrons. The summed E-state index contributed by atoms with van der Waals surface area (Å²) in [5.74, 6) is 0. The fraction of sp³-hybridized carbons (Fsp3) is 0.400. The Labute approximate surface area is 134 Å². The van der Waals surface area contributed by atoms with Gasteiger partial charge in [0, 0.05) is 19.1 Å². The number of hydrogen-bond donors (Lipinski definition) is 1. The molecule has 1 aliphatic heterocycles. The van der Waals surface area contributed by atoms with Gasteiger partial charge in [0.1, 0.15) is 0 Å². The Morgan fingerprint density at radius 1 is 0.955 bits per heavy atom. The number of rotatable bonds is 6. The highest BCUT2D eigenvalue weighted by Gasteiger charge is 2.18. The lowest BCUT2D eigenvalue weighted by Crippen LogP contribution is -2.33. The molecule has 0 spiro atoms. The number of aryl methyl sites for hydroxylation is 1. The maximum absolute atomic E-state index is 3.76. The molecule has 1 N–H and O–H groups in total. The molecule has 0 saturated carbocycles. The van der Waals surface area contributed by atoms with Gasteiger partial charge >= 0.3 is 0 Å². The average Bonchev–Trinajstić information content (AvgIpc) is 3.07. The van der Waals surface area contributed by atoms with Crippen LogP contribution in [0.5, 0.6) is 0 Å². The fourth-order valence-corrected chi connectivity index (χ4v) is 3.14. The van der Waals surface area contributed by atoms with E-state index in [9.17, 15) is 0 Å². The fourth-order valence-electron chi connectivity index (χ4n) is 3.14. The highest BCUT2D eigenvalue weighted by molar-refractivity contribution is 5.23. The predicted molar refractivity (Wildman–Crippen MR) is 92.9 cm³/mol. The van der Waals surface area contributed by atoms with Gasteiger partial charge in [0.25, 0.3) is 0 Å². The van der Waals surface area contributed by atoms with Crippen LogP contribution >= 0.6 is 0 Å². The van der Waals surface area contributed by atoms with Gasteiger partial charge in [-0.05, 0) is 44.0 Å². The molecule has 1 unspecified atom stereocenters. The Morgan fingerprint density at radius 2 is 1.64 bits per heavy atom. The summed E-state index contributed by atoms with van der Waals surface area (Å²) in [6.45, 7) is 6.66. The number of nitrogens with zero attached hydrogens (tertiary/aromatic N) is 1. The molecule has 1 atom stereocenters. The van der Waals surface area contributed by atoms with Crippen molar-refractivity contribution in [1.82, 2.24) is 10.2 Å². The summed E-state index contributed by atoms with van der Waals surface area (Å²) in [6, 6.07) is 20.1. The molecule has 1 aliphatic rings. The SMILES string of the molecule is Cc1ccc(CNC(CN2CCCC2)c2ccccc2)cc1. The summed E-state index contributed by atoms with van der Waals surface area (Å²) in [5, 5.41) is 3.76. The van der Waals surface area contributed by atoms with Crippen molar-refractivity contribution in [3.63, 3.8) is 0 Å². The van der Waals surface area contributed by atoms with Crippen LogP contribution in [0.15, 0.2) is 54.6 Å². The molecule has 1 saturated heterocycles. The monoisotopic (exact) mass is 294 g/mol. The summed E-state index contributed by atoms with van der Waals surface area (Å²) in [7, 11) is 0. The lowest BCUT2D eigenvalue weighted by atomic mass is 10.1. The normalized spacial score (nSPS) is 16.8. The first-order valence-electron chi connectivity index (χ1n) is 8.37. The van der Waals surface area contributed by atoms with E-state index in [0.29, 0.717) is 6.04 Å². The molecule has 3 rings (SSSR count). The Bertz CT molecular complexity index is 556. The van der Waals surface area contributed by atoms with Crippen LogP contribution in [0.1, 0.15) is 35.6 Å². The first kappa shape index (κ1) is 15.3. The molecule has 0 aliphatic carbocycles. The molecule has 0 bridgehead atoms. The second kappa shape index (κ2) is 7.57. The second-order valence-corrected chi connectivity index (χ2v) is 6.34. The minimum absolute atomic E-state index is 0.403. The zero-order valence-corrected chi connectivity index (χ0v) is 13.5. The van der Waals surface area contributed by atoms with Crippen LogP contribution in [0, 0.1) is 6.92 Å². The van der Waals surface area contributed by atoms with Crippen LogP contribution in [-0.2, 0) is 6.54 Å². The predicted octanol–water partition coefficient (Wildman–Crippen LogP) is 3.92. The summed E-state index contributed by atoms with van der Waals surface area (Å²) in [4.78, 5) is 2.58. The van der Waals surface area contributed by atoms with Crippen LogP contribution in [0.4, 0.5) is 0 Å². The standard InChI is InChI=1S/C20H26N2/c1-17-9-11-18(12-10-17)15-21-20(16-22-13-5-6-14-22)19-7-3-2-4-8-19/h2-4,7-12,20-21H,5-6,13-16H2,1H3. The van der Waals surface area contributed by atoms with E-state index < -0.39 is 0 Å². The van der Waals surface area contributed by atoms with Crippen molar-refractivity contribution in [2.45, 2.75) is 32.4 Å². The Balaban J connectivity index is 1.66.